The summed E-state index contributed by atoms with van der Waals surface area (Å²) in [5, 5.41) is 12.2. The lowest BCUT2D eigenvalue weighted by molar-refractivity contribution is -0.119. The van der Waals surface area contributed by atoms with Crippen LogP contribution in [-0.2, 0) is 20.7 Å². The summed E-state index contributed by atoms with van der Waals surface area (Å²) in [7, 11) is 0. The van der Waals surface area contributed by atoms with Gasteiger partial charge in [0.1, 0.15) is 10.8 Å². The van der Waals surface area contributed by atoms with Gasteiger partial charge in [-0.1, -0.05) is 6.92 Å². The van der Waals surface area contributed by atoms with Crippen molar-refractivity contribution >= 4 is 34.2 Å². The fourth-order valence-electron chi connectivity index (χ4n) is 2.41. The van der Waals surface area contributed by atoms with Crippen LogP contribution in [0.1, 0.15) is 45.0 Å². The van der Waals surface area contributed by atoms with E-state index in [4.69, 9.17) is 9.47 Å². The van der Waals surface area contributed by atoms with Crippen LogP contribution >= 0.6 is 11.3 Å². The molecule has 1 aromatic heterocycles. The first kappa shape index (κ1) is 20.4. The second-order valence-corrected chi connectivity index (χ2v) is 6.70. The molecule has 0 unspecified atom stereocenters. The Kier molecular flexibility index (Phi) is 6.95. The highest BCUT2D eigenvalue weighted by Gasteiger charge is 2.23. The van der Waals surface area contributed by atoms with Crippen molar-refractivity contribution in [2.24, 2.45) is 0 Å². The number of phenols is 1. The number of anilines is 1. The number of nitrogens with one attached hydrogen (secondary N) is 1. The number of carbonyl (C=O) groups excluding carboxylic acids is 3. The summed E-state index contributed by atoms with van der Waals surface area (Å²) >= 11 is 1.30. The predicted octanol–water partition coefficient (Wildman–Crippen LogP) is 3.30. The average molecular weight is 391 g/mol. The maximum absolute atomic E-state index is 12.2. The van der Waals surface area contributed by atoms with E-state index in [1.165, 1.54) is 35.6 Å². The summed E-state index contributed by atoms with van der Waals surface area (Å²) in [5.74, 6) is -1.72. The van der Waals surface area contributed by atoms with Crippen molar-refractivity contribution in [3.8, 4) is 5.75 Å². The van der Waals surface area contributed by atoms with Gasteiger partial charge in [0.2, 0.25) is 0 Å². The molecule has 0 aliphatic rings. The Morgan fingerprint density at radius 2 is 1.74 bits per heavy atom. The zero-order valence-electron chi connectivity index (χ0n) is 15.3. The quantitative estimate of drug-likeness (QED) is 0.702. The number of ether oxygens (including phenoxy) is 2. The number of amides is 1. The van der Waals surface area contributed by atoms with Crippen molar-refractivity contribution in [1.82, 2.24) is 0 Å². The predicted molar refractivity (Wildman–Crippen MR) is 101 cm³/mol. The van der Waals surface area contributed by atoms with E-state index in [1.54, 1.807) is 6.92 Å². The summed E-state index contributed by atoms with van der Waals surface area (Å²) in [4.78, 5) is 37.3. The number of benzene rings is 1. The highest BCUT2D eigenvalue weighted by Crippen LogP contribution is 2.34. The number of hydrogen-bond donors (Lipinski definition) is 2. The number of thiophene rings is 1. The van der Waals surface area contributed by atoms with Gasteiger partial charge in [-0.15, -0.1) is 11.3 Å². The lowest BCUT2D eigenvalue weighted by atomic mass is 10.1. The van der Waals surface area contributed by atoms with Gasteiger partial charge >= 0.3 is 11.9 Å². The second kappa shape index (κ2) is 9.18. The molecular weight excluding hydrogens is 370 g/mol. The van der Waals surface area contributed by atoms with Crippen molar-refractivity contribution < 1.29 is 29.0 Å². The third-order valence-electron chi connectivity index (χ3n) is 3.74. The van der Waals surface area contributed by atoms with Crippen molar-refractivity contribution in [3.05, 3.63) is 45.8 Å². The van der Waals surface area contributed by atoms with Gasteiger partial charge in [0.05, 0.1) is 17.7 Å². The summed E-state index contributed by atoms with van der Waals surface area (Å²) in [6, 6.07) is 5.49. The maximum Gasteiger partial charge on any atom is 0.341 e. The number of rotatable bonds is 7. The van der Waals surface area contributed by atoms with E-state index in [-0.39, 0.29) is 17.9 Å². The van der Waals surface area contributed by atoms with Gasteiger partial charge in [-0.3, -0.25) is 4.79 Å². The van der Waals surface area contributed by atoms with E-state index >= 15 is 0 Å². The molecule has 0 saturated heterocycles. The summed E-state index contributed by atoms with van der Waals surface area (Å²) in [5.41, 5.74) is 1.32. The lowest BCUT2D eigenvalue weighted by Crippen LogP contribution is -2.21. The number of phenolic OH excluding ortho intramolecular Hbond substituents is 1. The van der Waals surface area contributed by atoms with Crippen LogP contribution in [0, 0.1) is 6.92 Å². The molecule has 27 heavy (non-hydrogen) atoms. The molecule has 1 heterocycles. The molecule has 1 amide bonds. The first-order valence-electron chi connectivity index (χ1n) is 8.42. The van der Waals surface area contributed by atoms with Crippen LogP contribution in [0.25, 0.3) is 0 Å². The van der Waals surface area contributed by atoms with Crippen molar-refractivity contribution in [2.75, 3.05) is 18.5 Å². The molecule has 0 radical (unpaired) electrons. The number of esters is 2. The molecule has 0 aliphatic carbocycles. The van der Waals surface area contributed by atoms with Gasteiger partial charge in [0, 0.05) is 4.88 Å². The van der Waals surface area contributed by atoms with Crippen LogP contribution in [0.5, 0.6) is 5.75 Å². The zero-order chi connectivity index (χ0) is 20.0. The molecule has 2 N–H and O–H groups in total. The van der Waals surface area contributed by atoms with Gasteiger partial charge < -0.3 is 19.9 Å². The first-order valence-corrected chi connectivity index (χ1v) is 9.24. The van der Waals surface area contributed by atoms with Crippen LogP contribution < -0.4 is 5.32 Å². The Labute approximate surface area is 160 Å². The van der Waals surface area contributed by atoms with Crippen LogP contribution in [0.4, 0.5) is 5.00 Å². The van der Waals surface area contributed by atoms with E-state index in [1.807, 2.05) is 13.8 Å². The molecular formula is C19H21NO6S. The molecule has 0 aliphatic heterocycles. The van der Waals surface area contributed by atoms with Gasteiger partial charge in [-0.25, -0.2) is 9.59 Å². The van der Waals surface area contributed by atoms with Crippen LogP contribution in [0.15, 0.2) is 24.3 Å². The molecule has 8 heteroatoms. The van der Waals surface area contributed by atoms with E-state index in [9.17, 15) is 19.5 Å². The number of aryl methyl sites for hydroxylation is 1. The largest absolute Gasteiger partial charge is 0.508 e. The normalized spacial score (nSPS) is 10.3. The Hall–Kier alpha value is -2.87. The first-order chi connectivity index (χ1) is 12.9. The Balaban J connectivity index is 2.05. The molecule has 0 atom stereocenters. The minimum Gasteiger partial charge on any atom is -0.508 e. The number of carbonyl (C=O) groups is 3. The monoisotopic (exact) mass is 391 g/mol. The summed E-state index contributed by atoms with van der Waals surface area (Å²) in [6.45, 7) is 5.20. The van der Waals surface area contributed by atoms with E-state index < -0.39 is 24.5 Å². The van der Waals surface area contributed by atoms with Crippen LogP contribution in [-0.4, -0.2) is 36.2 Å². The van der Waals surface area contributed by atoms with Gasteiger partial charge in [0.25, 0.3) is 5.91 Å². The van der Waals surface area contributed by atoms with E-state index in [0.29, 0.717) is 17.0 Å². The number of aromatic hydroxyl groups is 1. The van der Waals surface area contributed by atoms with Crippen LogP contribution in [0.2, 0.25) is 0 Å². The lowest BCUT2D eigenvalue weighted by Gasteiger charge is -2.08. The SMILES string of the molecule is CCOC(=O)c1c(NC(=O)COC(=O)c2ccc(O)cc2)sc(CC)c1C. The van der Waals surface area contributed by atoms with Gasteiger partial charge in [-0.05, 0) is 50.1 Å². The molecule has 1 aromatic carbocycles. The molecule has 144 valence electrons. The zero-order valence-corrected chi connectivity index (χ0v) is 16.1. The van der Waals surface area contributed by atoms with Crippen molar-refractivity contribution in [3.63, 3.8) is 0 Å². The smallest absolute Gasteiger partial charge is 0.341 e. The molecule has 0 saturated carbocycles. The highest BCUT2D eigenvalue weighted by atomic mass is 32.1. The molecule has 0 spiro atoms. The average Bonchev–Trinajstić information content (AvgIpc) is 2.95. The fraction of sp³-hybridized carbons (Fsp3) is 0.316. The fourth-order valence-corrected chi connectivity index (χ4v) is 3.56. The third-order valence-corrected chi connectivity index (χ3v) is 5.09. The van der Waals surface area contributed by atoms with Crippen molar-refractivity contribution in [1.29, 1.82) is 0 Å². The molecule has 0 bridgehead atoms. The number of hydrogen-bond acceptors (Lipinski definition) is 7. The molecule has 2 rings (SSSR count). The Bertz CT molecular complexity index is 841. The second-order valence-electron chi connectivity index (χ2n) is 5.60. The summed E-state index contributed by atoms with van der Waals surface area (Å²) in [6.07, 6.45) is 0.717. The molecule has 0 fully saturated rings. The maximum atomic E-state index is 12.2. The highest BCUT2D eigenvalue weighted by molar-refractivity contribution is 7.17. The standard InChI is InChI=1S/C19H21NO6S/c1-4-14-11(3)16(19(24)25-5-2)17(27-14)20-15(22)10-26-18(23)12-6-8-13(21)9-7-12/h6-9,21H,4-5,10H2,1-3H3,(H,20,22). The minimum atomic E-state index is -0.688. The topological polar surface area (TPSA) is 102 Å². The van der Waals surface area contributed by atoms with E-state index in [2.05, 4.69) is 5.32 Å². The third kappa shape index (κ3) is 5.07. The molecule has 7 nitrogen and oxygen atoms in total. The van der Waals surface area contributed by atoms with Gasteiger partial charge in [-0.2, -0.15) is 0 Å². The Morgan fingerprint density at radius 1 is 1.07 bits per heavy atom. The van der Waals surface area contributed by atoms with Gasteiger partial charge in [0.15, 0.2) is 6.61 Å². The molecule has 2 aromatic rings. The minimum absolute atomic E-state index is 0.0237. The van der Waals surface area contributed by atoms with Crippen LogP contribution in [0.3, 0.4) is 0 Å². The Morgan fingerprint density at radius 3 is 2.33 bits per heavy atom. The van der Waals surface area contributed by atoms with E-state index in [0.717, 1.165) is 10.4 Å². The summed E-state index contributed by atoms with van der Waals surface area (Å²) < 4.78 is 10.0. The van der Waals surface area contributed by atoms with Crippen molar-refractivity contribution in [2.45, 2.75) is 27.2 Å².